The number of nitrogens with one attached hydrogen (secondary N) is 1. The zero-order valence-corrected chi connectivity index (χ0v) is 12.5. The van der Waals surface area contributed by atoms with Crippen molar-refractivity contribution in [1.29, 1.82) is 0 Å². The summed E-state index contributed by atoms with van der Waals surface area (Å²) in [6.07, 6.45) is 0. The fourth-order valence-electron chi connectivity index (χ4n) is 1.56. The van der Waals surface area contributed by atoms with E-state index in [-0.39, 0.29) is 17.6 Å². The Labute approximate surface area is 122 Å². The predicted octanol–water partition coefficient (Wildman–Crippen LogP) is 3.23. The van der Waals surface area contributed by atoms with Crippen molar-refractivity contribution in [2.24, 2.45) is 0 Å². The second kappa shape index (κ2) is 6.56. The van der Waals surface area contributed by atoms with Crippen molar-refractivity contribution in [1.82, 2.24) is 10.2 Å². The third kappa shape index (κ3) is 4.09. The molecule has 1 aromatic heterocycles. The van der Waals surface area contributed by atoms with Crippen molar-refractivity contribution in [2.45, 2.75) is 31.9 Å². The van der Waals surface area contributed by atoms with Gasteiger partial charge < -0.3 is 9.73 Å². The SMILES string of the molecule is Cc1cccc(NC(=O)CSc2nnc(C(C)C)o2)c1. The molecule has 0 bridgehead atoms. The molecule has 1 aromatic carbocycles. The van der Waals surface area contributed by atoms with Gasteiger partial charge in [0, 0.05) is 11.6 Å². The highest BCUT2D eigenvalue weighted by Gasteiger charge is 2.11. The molecule has 0 aliphatic rings. The quantitative estimate of drug-likeness (QED) is 0.857. The van der Waals surface area contributed by atoms with Gasteiger partial charge in [0.15, 0.2) is 0 Å². The molecule has 0 fully saturated rings. The number of nitrogens with zero attached hydrogens (tertiary/aromatic N) is 2. The number of amides is 1. The van der Waals surface area contributed by atoms with Crippen LogP contribution in [0.15, 0.2) is 33.9 Å². The van der Waals surface area contributed by atoms with Gasteiger partial charge in [-0.25, -0.2) is 0 Å². The standard InChI is InChI=1S/C14H17N3O2S/c1-9(2)13-16-17-14(19-13)20-8-12(18)15-11-6-4-5-10(3)7-11/h4-7,9H,8H2,1-3H3,(H,15,18). The molecule has 0 aliphatic carbocycles. The van der Waals surface area contributed by atoms with Crippen LogP contribution >= 0.6 is 11.8 Å². The summed E-state index contributed by atoms with van der Waals surface area (Å²) in [7, 11) is 0. The summed E-state index contributed by atoms with van der Waals surface area (Å²) >= 11 is 1.24. The van der Waals surface area contributed by atoms with Crippen molar-refractivity contribution in [3.63, 3.8) is 0 Å². The summed E-state index contributed by atoms with van der Waals surface area (Å²) < 4.78 is 5.43. The Morgan fingerprint density at radius 1 is 1.40 bits per heavy atom. The molecule has 1 N–H and O–H groups in total. The number of carbonyl (C=O) groups excluding carboxylic acids is 1. The van der Waals surface area contributed by atoms with Crippen molar-refractivity contribution < 1.29 is 9.21 Å². The van der Waals surface area contributed by atoms with Crippen LogP contribution in [0.25, 0.3) is 0 Å². The molecule has 0 saturated carbocycles. The molecule has 2 aromatic rings. The number of benzene rings is 1. The first-order valence-electron chi connectivity index (χ1n) is 6.37. The lowest BCUT2D eigenvalue weighted by Crippen LogP contribution is -2.13. The summed E-state index contributed by atoms with van der Waals surface area (Å²) in [5, 5.41) is 11.1. The van der Waals surface area contributed by atoms with E-state index in [1.54, 1.807) is 0 Å². The molecule has 0 unspecified atom stereocenters. The number of rotatable bonds is 5. The lowest BCUT2D eigenvalue weighted by atomic mass is 10.2. The van der Waals surface area contributed by atoms with E-state index in [9.17, 15) is 4.79 Å². The van der Waals surface area contributed by atoms with E-state index in [1.807, 2.05) is 45.0 Å². The van der Waals surface area contributed by atoms with Crippen LogP contribution in [0.1, 0.15) is 31.2 Å². The van der Waals surface area contributed by atoms with Crippen molar-refractivity contribution in [3.8, 4) is 0 Å². The van der Waals surface area contributed by atoms with Gasteiger partial charge in [0.25, 0.3) is 5.22 Å². The van der Waals surface area contributed by atoms with Crippen LogP contribution in [0.4, 0.5) is 5.69 Å². The number of anilines is 1. The number of aryl methyl sites for hydroxylation is 1. The topological polar surface area (TPSA) is 68.0 Å². The van der Waals surface area contributed by atoms with E-state index < -0.39 is 0 Å². The summed E-state index contributed by atoms with van der Waals surface area (Å²) in [6.45, 7) is 5.94. The minimum atomic E-state index is -0.0927. The van der Waals surface area contributed by atoms with Gasteiger partial charge in [0.1, 0.15) is 0 Å². The zero-order chi connectivity index (χ0) is 14.5. The zero-order valence-electron chi connectivity index (χ0n) is 11.7. The van der Waals surface area contributed by atoms with Crippen molar-refractivity contribution in [2.75, 3.05) is 11.1 Å². The molecule has 0 spiro atoms. The Bertz CT molecular complexity index is 596. The Balaban J connectivity index is 1.85. The molecule has 0 saturated heterocycles. The lowest BCUT2D eigenvalue weighted by Gasteiger charge is -2.04. The molecule has 6 heteroatoms. The highest BCUT2D eigenvalue weighted by Crippen LogP contribution is 2.20. The van der Waals surface area contributed by atoms with Crippen LogP contribution in [0.2, 0.25) is 0 Å². The van der Waals surface area contributed by atoms with Crippen molar-refractivity contribution >= 4 is 23.4 Å². The molecule has 2 rings (SSSR count). The van der Waals surface area contributed by atoms with Gasteiger partial charge in [-0.2, -0.15) is 0 Å². The highest BCUT2D eigenvalue weighted by molar-refractivity contribution is 7.99. The molecular formula is C14H17N3O2S. The van der Waals surface area contributed by atoms with Gasteiger partial charge in [-0.1, -0.05) is 37.7 Å². The Morgan fingerprint density at radius 3 is 2.85 bits per heavy atom. The Hall–Kier alpha value is -1.82. The van der Waals surface area contributed by atoms with E-state index in [1.165, 1.54) is 11.8 Å². The van der Waals surface area contributed by atoms with E-state index in [0.29, 0.717) is 11.1 Å². The first kappa shape index (κ1) is 14.6. The highest BCUT2D eigenvalue weighted by atomic mass is 32.2. The Morgan fingerprint density at radius 2 is 2.20 bits per heavy atom. The average molecular weight is 291 g/mol. The fraction of sp³-hybridized carbons (Fsp3) is 0.357. The average Bonchev–Trinajstić information content (AvgIpc) is 2.85. The van der Waals surface area contributed by atoms with Crippen LogP contribution in [-0.4, -0.2) is 21.9 Å². The largest absolute Gasteiger partial charge is 0.416 e. The maximum atomic E-state index is 11.8. The predicted molar refractivity (Wildman–Crippen MR) is 78.9 cm³/mol. The van der Waals surface area contributed by atoms with Crippen molar-refractivity contribution in [3.05, 3.63) is 35.7 Å². The van der Waals surface area contributed by atoms with Gasteiger partial charge in [0.05, 0.1) is 5.75 Å². The van der Waals surface area contributed by atoms with Gasteiger partial charge in [-0.05, 0) is 24.6 Å². The molecule has 5 nitrogen and oxygen atoms in total. The number of carbonyl (C=O) groups is 1. The van der Waals surface area contributed by atoms with Crippen LogP contribution in [0.5, 0.6) is 0 Å². The van der Waals surface area contributed by atoms with Gasteiger partial charge in [-0.15, -0.1) is 10.2 Å². The third-order valence-electron chi connectivity index (χ3n) is 2.54. The Kier molecular flexibility index (Phi) is 4.79. The molecule has 0 aliphatic heterocycles. The number of hydrogen-bond acceptors (Lipinski definition) is 5. The maximum absolute atomic E-state index is 11.8. The summed E-state index contributed by atoms with van der Waals surface area (Å²) in [6, 6.07) is 7.67. The minimum Gasteiger partial charge on any atom is -0.416 e. The first-order chi connectivity index (χ1) is 9.54. The van der Waals surface area contributed by atoms with E-state index >= 15 is 0 Å². The normalized spacial score (nSPS) is 10.8. The summed E-state index contributed by atoms with van der Waals surface area (Å²) in [4.78, 5) is 11.8. The smallest absolute Gasteiger partial charge is 0.277 e. The van der Waals surface area contributed by atoms with E-state index in [0.717, 1.165) is 11.3 Å². The molecule has 1 heterocycles. The van der Waals surface area contributed by atoms with Gasteiger partial charge in [-0.3, -0.25) is 4.79 Å². The summed E-state index contributed by atoms with van der Waals surface area (Å²) in [5.74, 6) is 0.933. The molecule has 0 atom stereocenters. The molecule has 0 radical (unpaired) electrons. The van der Waals surface area contributed by atoms with Gasteiger partial charge in [0.2, 0.25) is 11.8 Å². The van der Waals surface area contributed by atoms with Crippen LogP contribution < -0.4 is 5.32 Å². The second-order valence-corrected chi connectivity index (χ2v) is 5.69. The number of hydrogen-bond donors (Lipinski definition) is 1. The first-order valence-corrected chi connectivity index (χ1v) is 7.36. The van der Waals surface area contributed by atoms with E-state index in [4.69, 9.17) is 4.42 Å². The fourth-order valence-corrected chi connectivity index (χ4v) is 2.13. The van der Waals surface area contributed by atoms with Crippen LogP contribution in [0, 0.1) is 6.92 Å². The lowest BCUT2D eigenvalue weighted by molar-refractivity contribution is -0.113. The number of thioether (sulfide) groups is 1. The maximum Gasteiger partial charge on any atom is 0.277 e. The van der Waals surface area contributed by atoms with Crippen LogP contribution in [0.3, 0.4) is 0 Å². The van der Waals surface area contributed by atoms with Crippen LogP contribution in [-0.2, 0) is 4.79 Å². The van der Waals surface area contributed by atoms with Gasteiger partial charge >= 0.3 is 0 Å². The molecule has 106 valence electrons. The molecule has 20 heavy (non-hydrogen) atoms. The molecular weight excluding hydrogens is 274 g/mol. The second-order valence-electron chi connectivity index (χ2n) is 4.77. The summed E-state index contributed by atoms with van der Waals surface area (Å²) in [5.41, 5.74) is 1.90. The minimum absolute atomic E-state index is 0.0927. The number of aromatic nitrogens is 2. The molecule has 1 amide bonds. The monoisotopic (exact) mass is 291 g/mol. The van der Waals surface area contributed by atoms with E-state index in [2.05, 4.69) is 15.5 Å². The third-order valence-corrected chi connectivity index (χ3v) is 3.36.